The molecule has 5 nitrogen and oxygen atoms in total. The Bertz CT molecular complexity index is 807. The molecule has 1 aliphatic rings. The zero-order chi connectivity index (χ0) is 19.9. The Labute approximate surface area is 167 Å². The molecule has 0 spiro atoms. The zero-order valence-electron chi connectivity index (χ0n) is 16.7. The number of hydrogen-bond donors (Lipinski definition) is 1. The summed E-state index contributed by atoms with van der Waals surface area (Å²) in [7, 11) is 1.76. The first-order valence-corrected chi connectivity index (χ1v) is 10.0. The maximum atomic E-state index is 12.9. The van der Waals surface area contributed by atoms with Crippen molar-refractivity contribution in [2.24, 2.45) is 0 Å². The standard InChI is InChI=1S/C23H29N3O2/c1-3-4-12-21-16-25(23(28)17-26(21)22(27)15-24-2)20-13-8-11-19(14-20)18-9-6-5-7-10-18/h5-11,13-14,21,24H,3-4,12,15-17H2,1-2H3/t21-/m0/s1. The van der Waals surface area contributed by atoms with Gasteiger partial charge in [0.2, 0.25) is 11.8 Å². The normalized spacial score (nSPS) is 17.1. The van der Waals surface area contributed by atoms with Gasteiger partial charge in [0, 0.05) is 12.2 Å². The van der Waals surface area contributed by atoms with Crippen LogP contribution in [0.15, 0.2) is 54.6 Å². The minimum atomic E-state index is -0.0255. The van der Waals surface area contributed by atoms with E-state index in [9.17, 15) is 9.59 Å². The van der Waals surface area contributed by atoms with Crippen molar-refractivity contribution in [2.75, 3.05) is 31.6 Å². The molecule has 0 unspecified atom stereocenters. The molecule has 1 N–H and O–H groups in total. The van der Waals surface area contributed by atoms with Crippen LogP contribution in [0.4, 0.5) is 5.69 Å². The summed E-state index contributed by atoms with van der Waals surface area (Å²) in [4.78, 5) is 29.0. The van der Waals surface area contributed by atoms with E-state index in [1.165, 1.54) is 0 Å². The summed E-state index contributed by atoms with van der Waals surface area (Å²) in [5.74, 6) is -0.0305. The second-order valence-corrected chi connectivity index (χ2v) is 7.27. The van der Waals surface area contributed by atoms with Crippen LogP contribution in [-0.2, 0) is 9.59 Å². The number of hydrogen-bond acceptors (Lipinski definition) is 3. The molecule has 2 amide bonds. The number of carbonyl (C=O) groups excluding carboxylic acids is 2. The lowest BCUT2D eigenvalue weighted by molar-refractivity contribution is -0.139. The van der Waals surface area contributed by atoms with E-state index in [2.05, 4.69) is 36.5 Å². The van der Waals surface area contributed by atoms with Crippen molar-refractivity contribution < 1.29 is 9.59 Å². The third-order valence-corrected chi connectivity index (χ3v) is 5.24. The number of nitrogens with one attached hydrogen (secondary N) is 1. The minimum Gasteiger partial charge on any atom is -0.327 e. The number of benzene rings is 2. The molecule has 2 aromatic rings. The molecule has 5 heteroatoms. The summed E-state index contributed by atoms with van der Waals surface area (Å²) >= 11 is 0. The lowest BCUT2D eigenvalue weighted by Crippen LogP contribution is -2.59. The van der Waals surface area contributed by atoms with Crippen molar-refractivity contribution >= 4 is 17.5 Å². The van der Waals surface area contributed by atoms with E-state index < -0.39 is 0 Å². The van der Waals surface area contributed by atoms with Gasteiger partial charge in [-0.3, -0.25) is 9.59 Å². The molecular weight excluding hydrogens is 350 g/mol. The first-order chi connectivity index (χ1) is 13.6. The maximum Gasteiger partial charge on any atom is 0.246 e. The van der Waals surface area contributed by atoms with Gasteiger partial charge in [-0.05, 0) is 36.7 Å². The van der Waals surface area contributed by atoms with Crippen molar-refractivity contribution in [3.05, 3.63) is 54.6 Å². The van der Waals surface area contributed by atoms with Crippen LogP contribution in [0.1, 0.15) is 26.2 Å². The summed E-state index contributed by atoms with van der Waals surface area (Å²) in [6.45, 7) is 3.10. The fraction of sp³-hybridized carbons (Fsp3) is 0.391. The van der Waals surface area contributed by atoms with Gasteiger partial charge >= 0.3 is 0 Å². The predicted molar refractivity (Wildman–Crippen MR) is 113 cm³/mol. The summed E-state index contributed by atoms with van der Waals surface area (Å²) in [5, 5.41) is 2.91. The van der Waals surface area contributed by atoms with Crippen LogP contribution in [0.3, 0.4) is 0 Å². The average molecular weight is 380 g/mol. The van der Waals surface area contributed by atoms with Crippen LogP contribution in [0.25, 0.3) is 11.1 Å². The molecule has 0 aliphatic carbocycles. The predicted octanol–water partition coefficient (Wildman–Crippen LogP) is 3.31. The first-order valence-electron chi connectivity index (χ1n) is 10.0. The smallest absolute Gasteiger partial charge is 0.246 e. The van der Waals surface area contributed by atoms with E-state index in [1.54, 1.807) is 11.9 Å². The van der Waals surface area contributed by atoms with E-state index in [4.69, 9.17) is 0 Å². The molecule has 28 heavy (non-hydrogen) atoms. The third-order valence-electron chi connectivity index (χ3n) is 5.24. The number of anilines is 1. The van der Waals surface area contributed by atoms with Crippen molar-refractivity contribution in [2.45, 2.75) is 32.2 Å². The molecule has 0 radical (unpaired) electrons. The molecule has 1 heterocycles. The monoisotopic (exact) mass is 379 g/mol. The van der Waals surface area contributed by atoms with E-state index in [0.29, 0.717) is 6.54 Å². The molecule has 3 rings (SSSR count). The molecule has 1 fully saturated rings. The van der Waals surface area contributed by atoms with Gasteiger partial charge in [-0.1, -0.05) is 62.2 Å². The molecular formula is C23H29N3O2. The van der Waals surface area contributed by atoms with E-state index in [1.807, 2.05) is 35.2 Å². The fourth-order valence-corrected chi connectivity index (χ4v) is 3.74. The molecule has 1 atom stereocenters. The van der Waals surface area contributed by atoms with Gasteiger partial charge < -0.3 is 15.1 Å². The summed E-state index contributed by atoms with van der Waals surface area (Å²) in [6, 6.07) is 18.3. The van der Waals surface area contributed by atoms with E-state index >= 15 is 0 Å². The van der Waals surface area contributed by atoms with Crippen molar-refractivity contribution in [1.82, 2.24) is 10.2 Å². The van der Waals surface area contributed by atoms with Gasteiger partial charge in [0.05, 0.1) is 12.6 Å². The van der Waals surface area contributed by atoms with Gasteiger partial charge in [0.1, 0.15) is 6.54 Å². The summed E-state index contributed by atoms with van der Waals surface area (Å²) < 4.78 is 0. The SMILES string of the molecule is CCCC[C@H]1CN(c2cccc(-c3ccccc3)c2)C(=O)CN1C(=O)CNC. The summed E-state index contributed by atoms with van der Waals surface area (Å²) in [6.07, 6.45) is 3.02. The van der Waals surface area contributed by atoms with E-state index in [-0.39, 0.29) is 30.9 Å². The van der Waals surface area contributed by atoms with Crippen molar-refractivity contribution in [1.29, 1.82) is 0 Å². The number of rotatable bonds is 7. The highest BCUT2D eigenvalue weighted by molar-refractivity contribution is 5.98. The lowest BCUT2D eigenvalue weighted by atomic mass is 10.0. The number of nitrogens with zero attached hydrogens (tertiary/aromatic N) is 2. The van der Waals surface area contributed by atoms with Crippen LogP contribution >= 0.6 is 0 Å². The molecule has 2 aromatic carbocycles. The van der Waals surface area contributed by atoms with Crippen LogP contribution in [0, 0.1) is 0 Å². The number of amides is 2. The molecule has 0 saturated carbocycles. The molecule has 1 aliphatic heterocycles. The topological polar surface area (TPSA) is 52.7 Å². The first kappa shape index (κ1) is 20.1. The largest absolute Gasteiger partial charge is 0.327 e. The van der Waals surface area contributed by atoms with Gasteiger partial charge in [-0.2, -0.15) is 0 Å². The second kappa shape index (κ2) is 9.51. The highest BCUT2D eigenvalue weighted by atomic mass is 16.2. The third kappa shape index (κ3) is 4.60. The summed E-state index contributed by atoms with van der Waals surface area (Å²) in [5.41, 5.74) is 3.11. The molecule has 0 bridgehead atoms. The van der Waals surface area contributed by atoms with Crippen molar-refractivity contribution in [3.63, 3.8) is 0 Å². The number of carbonyl (C=O) groups is 2. The number of piperazine rings is 1. The van der Waals surface area contributed by atoms with Crippen LogP contribution in [0.5, 0.6) is 0 Å². The Morgan fingerprint density at radius 2 is 1.86 bits per heavy atom. The Morgan fingerprint density at radius 3 is 2.57 bits per heavy atom. The Morgan fingerprint density at radius 1 is 1.11 bits per heavy atom. The maximum absolute atomic E-state index is 12.9. The number of unbranched alkanes of at least 4 members (excludes halogenated alkanes) is 1. The average Bonchev–Trinajstić information content (AvgIpc) is 2.73. The van der Waals surface area contributed by atoms with E-state index in [0.717, 1.165) is 36.1 Å². The lowest BCUT2D eigenvalue weighted by Gasteiger charge is -2.41. The Hall–Kier alpha value is -2.66. The number of likely N-dealkylation sites (N-methyl/N-ethyl adjacent to an activating group) is 1. The zero-order valence-corrected chi connectivity index (χ0v) is 16.7. The highest BCUT2D eigenvalue weighted by Gasteiger charge is 2.34. The van der Waals surface area contributed by atoms with Gasteiger partial charge in [-0.25, -0.2) is 0 Å². The molecule has 0 aromatic heterocycles. The second-order valence-electron chi connectivity index (χ2n) is 7.27. The Balaban J connectivity index is 1.84. The quantitative estimate of drug-likeness (QED) is 0.803. The van der Waals surface area contributed by atoms with Crippen LogP contribution in [-0.4, -0.2) is 49.4 Å². The Kier molecular flexibility index (Phi) is 6.82. The van der Waals surface area contributed by atoms with Crippen LogP contribution in [0.2, 0.25) is 0 Å². The highest BCUT2D eigenvalue weighted by Crippen LogP contribution is 2.27. The van der Waals surface area contributed by atoms with Crippen molar-refractivity contribution in [3.8, 4) is 11.1 Å². The van der Waals surface area contributed by atoms with Crippen LogP contribution < -0.4 is 10.2 Å². The minimum absolute atomic E-state index is 0.00496. The van der Waals surface area contributed by atoms with Gasteiger partial charge in [-0.15, -0.1) is 0 Å². The molecule has 1 saturated heterocycles. The molecule has 148 valence electrons. The van der Waals surface area contributed by atoms with Gasteiger partial charge in [0.15, 0.2) is 0 Å². The van der Waals surface area contributed by atoms with Gasteiger partial charge in [0.25, 0.3) is 0 Å². The fourth-order valence-electron chi connectivity index (χ4n) is 3.74.